The van der Waals surface area contributed by atoms with E-state index >= 15 is 0 Å². The number of carbonyl (C=O) groups is 3. The van der Waals surface area contributed by atoms with Crippen molar-refractivity contribution in [1.82, 2.24) is 21.1 Å². The lowest BCUT2D eigenvalue weighted by atomic mass is 9.82. The van der Waals surface area contributed by atoms with E-state index in [1.165, 1.54) is 0 Å². The molecule has 1 saturated heterocycles. The van der Waals surface area contributed by atoms with Crippen LogP contribution in [0.5, 0.6) is 0 Å². The molecule has 0 radical (unpaired) electrons. The number of nitrogens with one attached hydrogen (secondary N) is 3. The number of hydrogen-bond acceptors (Lipinski definition) is 4. The van der Waals surface area contributed by atoms with Crippen molar-refractivity contribution in [2.24, 2.45) is 0 Å². The maximum Gasteiger partial charge on any atom is 0.344 e. The number of amides is 4. The third-order valence-corrected chi connectivity index (χ3v) is 5.30. The Hall–Kier alpha value is -2.12. The number of hydrazine groups is 1. The molecule has 1 heterocycles. The molecule has 140 valence electrons. The van der Waals surface area contributed by atoms with Gasteiger partial charge in [0.05, 0.1) is 6.54 Å². The molecular formula is C18H23ClN4O3. The first-order valence-corrected chi connectivity index (χ1v) is 9.24. The van der Waals surface area contributed by atoms with Gasteiger partial charge in [-0.15, -0.1) is 0 Å². The minimum absolute atomic E-state index is 0.0200. The van der Waals surface area contributed by atoms with E-state index in [1.54, 1.807) is 12.1 Å². The van der Waals surface area contributed by atoms with Crippen LogP contribution in [0, 0.1) is 0 Å². The Kier molecular flexibility index (Phi) is 5.48. The van der Waals surface area contributed by atoms with E-state index in [-0.39, 0.29) is 18.5 Å². The highest BCUT2D eigenvalue weighted by Gasteiger charge is 2.52. The van der Waals surface area contributed by atoms with Crippen LogP contribution < -0.4 is 16.1 Å². The van der Waals surface area contributed by atoms with Crippen LogP contribution in [0.1, 0.15) is 50.6 Å². The molecule has 0 bridgehead atoms. The Bertz CT molecular complexity index is 701. The highest BCUT2D eigenvalue weighted by Crippen LogP contribution is 2.32. The molecule has 1 aromatic carbocycles. The molecule has 1 atom stereocenters. The summed E-state index contributed by atoms with van der Waals surface area (Å²) >= 11 is 5.87. The van der Waals surface area contributed by atoms with Gasteiger partial charge in [0.2, 0.25) is 0 Å². The van der Waals surface area contributed by atoms with Crippen LogP contribution in [0.4, 0.5) is 4.79 Å². The second-order valence-corrected chi connectivity index (χ2v) is 7.34. The molecule has 2 fully saturated rings. The fourth-order valence-corrected chi connectivity index (χ4v) is 3.62. The molecule has 1 spiro atoms. The molecule has 1 aliphatic carbocycles. The second kappa shape index (κ2) is 7.63. The molecule has 1 aromatic rings. The van der Waals surface area contributed by atoms with Crippen LogP contribution in [0.25, 0.3) is 0 Å². The number of urea groups is 1. The van der Waals surface area contributed by atoms with Crippen LogP contribution in [0.2, 0.25) is 5.02 Å². The highest BCUT2D eigenvalue weighted by molar-refractivity contribution is 6.30. The van der Waals surface area contributed by atoms with E-state index < -0.39 is 17.5 Å². The monoisotopic (exact) mass is 378 g/mol. The predicted octanol–water partition coefficient (Wildman–Crippen LogP) is 2.28. The van der Waals surface area contributed by atoms with Crippen LogP contribution in [-0.4, -0.2) is 34.9 Å². The maximum absolute atomic E-state index is 12.6. The van der Waals surface area contributed by atoms with Crippen molar-refractivity contribution in [3.8, 4) is 0 Å². The number of imide groups is 1. The van der Waals surface area contributed by atoms with Gasteiger partial charge in [-0.25, -0.2) is 4.79 Å². The SMILES string of the molecule is C[C@H](NCC(=O)NN1C(=O)NC2(CCCCC2)C1=O)c1ccc(Cl)cc1. The van der Waals surface area contributed by atoms with E-state index in [0.717, 1.165) is 29.8 Å². The summed E-state index contributed by atoms with van der Waals surface area (Å²) in [5.74, 6) is -0.802. The first-order chi connectivity index (χ1) is 12.4. The number of carbonyl (C=O) groups excluding carboxylic acids is 3. The first kappa shape index (κ1) is 18.7. The lowest BCUT2D eigenvalue weighted by Crippen LogP contribution is -2.52. The van der Waals surface area contributed by atoms with Crippen molar-refractivity contribution in [3.05, 3.63) is 34.9 Å². The smallest absolute Gasteiger partial charge is 0.322 e. The van der Waals surface area contributed by atoms with Gasteiger partial charge < -0.3 is 10.6 Å². The molecule has 7 nitrogen and oxygen atoms in total. The summed E-state index contributed by atoms with van der Waals surface area (Å²) in [6.07, 6.45) is 4.09. The lowest BCUT2D eigenvalue weighted by molar-refractivity contribution is -0.139. The molecule has 0 unspecified atom stereocenters. The van der Waals surface area contributed by atoms with E-state index in [4.69, 9.17) is 11.6 Å². The molecule has 1 aliphatic heterocycles. The minimum atomic E-state index is -0.841. The molecule has 1 saturated carbocycles. The van der Waals surface area contributed by atoms with Gasteiger partial charge in [-0.1, -0.05) is 43.0 Å². The van der Waals surface area contributed by atoms with E-state index in [2.05, 4.69) is 16.1 Å². The van der Waals surface area contributed by atoms with Gasteiger partial charge in [0, 0.05) is 11.1 Å². The van der Waals surface area contributed by atoms with Crippen LogP contribution >= 0.6 is 11.6 Å². The largest absolute Gasteiger partial charge is 0.344 e. The third-order valence-electron chi connectivity index (χ3n) is 5.04. The van der Waals surface area contributed by atoms with Crippen LogP contribution in [0.3, 0.4) is 0 Å². The zero-order chi connectivity index (χ0) is 18.7. The van der Waals surface area contributed by atoms with Crippen molar-refractivity contribution < 1.29 is 14.4 Å². The number of benzene rings is 1. The molecule has 0 aromatic heterocycles. The Balaban J connectivity index is 1.53. The predicted molar refractivity (Wildman–Crippen MR) is 97.2 cm³/mol. The second-order valence-electron chi connectivity index (χ2n) is 6.90. The molecule has 3 N–H and O–H groups in total. The van der Waals surface area contributed by atoms with E-state index in [9.17, 15) is 14.4 Å². The van der Waals surface area contributed by atoms with Crippen LogP contribution in [-0.2, 0) is 9.59 Å². The lowest BCUT2D eigenvalue weighted by Gasteiger charge is -2.30. The van der Waals surface area contributed by atoms with Gasteiger partial charge in [-0.2, -0.15) is 5.01 Å². The average Bonchev–Trinajstić information content (AvgIpc) is 2.85. The van der Waals surface area contributed by atoms with Gasteiger partial charge in [0.25, 0.3) is 11.8 Å². The molecular weight excluding hydrogens is 356 g/mol. The molecule has 2 aliphatic rings. The summed E-state index contributed by atoms with van der Waals surface area (Å²) in [4.78, 5) is 36.9. The third kappa shape index (κ3) is 3.83. The summed E-state index contributed by atoms with van der Waals surface area (Å²) in [6.45, 7) is 1.90. The number of halogens is 1. The van der Waals surface area contributed by atoms with Gasteiger partial charge in [-0.3, -0.25) is 15.0 Å². The van der Waals surface area contributed by atoms with Gasteiger partial charge in [-0.05, 0) is 37.5 Å². The highest BCUT2D eigenvalue weighted by atomic mass is 35.5. The standard InChI is InChI=1S/C18H23ClN4O3/c1-12(13-5-7-14(19)8-6-13)20-11-15(24)22-23-16(25)18(21-17(23)26)9-3-2-4-10-18/h5-8,12,20H,2-4,9-11H2,1H3,(H,21,26)(H,22,24)/t12-/m0/s1. The summed E-state index contributed by atoms with van der Waals surface area (Å²) < 4.78 is 0. The Morgan fingerprint density at radius 3 is 2.54 bits per heavy atom. The molecule has 3 rings (SSSR count). The molecule has 8 heteroatoms. The zero-order valence-electron chi connectivity index (χ0n) is 14.7. The summed E-state index contributed by atoms with van der Waals surface area (Å²) in [5, 5.41) is 7.30. The zero-order valence-corrected chi connectivity index (χ0v) is 15.4. The summed E-state index contributed by atoms with van der Waals surface area (Å²) in [5.41, 5.74) is 2.56. The van der Waals surface area contributed by atoms with E-state index in [1.807, 2.05) is 19.1 Å². The Morgan fingerprint density at radius 2 is 1.88 bits per heavy atom. The van der Waals surface area contributed by atoms with Gasteiger partial charge in [0.1, 0.15) is 5.54 Å². The fraction of sp³-hybridized carbons (Fsp3) is 0.500. The number of rotatable bonds is 5. The van der Waals surface area contributed by atoms with Crippen molar-refractivity contribution >= 4 is 29.4 Å². The van der Waals surface area contributed by atoms with Crippen molar-refractivity contribution in [3.63, 3.8) is 0 Å². The van der Waals surface area contributed by atoms with Crippen molar-refractivity contribution in [2.75, 3.05) is 6.54 Å². The maximum atomic E-state index is 12.6. The fourth-order valence-electron chi connectivity index (χ4n) is 3.50. The average molecular weight is 379 g/mol. The van der Waals surface area contributed by atoms with Gasteiger partial charge >= 0.3 is 6.03 Å². The first-order valence-electron chi connectivity index (χ1n) is 8.86. The topological polar surface area (TPSA) is 90.5 Å². The van der Waals surface area contributed by atoms with Crippen molar-refractivity contribution in [2.45, 2.75) is 50.6 Å². The minimum Gasteiger partial charge on any atom is -0.322 e. The quantitative estimate of drug-likeness (QED) is 0.685. The number of nitrogens with zero attached hydrogens (tertiary/aromatic N) is 1. The summed E-state index contributed by atoms with van der Waals surface area (Å²) in [6, 6.07) is 6.68. The molecule has 4 amide bonds. The van der Waals surface area contributed by atoms with Gasteiger partial charge in [0.15, 0.2) is 0 Å². The summed E-state index contributed by atoms with van der Waals surface area (Å²) in [7, 11) is 0. The number of hydrogen-bond donors (Lipinski definition) is 3. The molecule has 26 heavy (non-hydrogen) atoms. The normalized spacial score (nSPS) is 20.2. The van der Waals surface area contributed by atoms with E-state index in [0.29, 0.717) is 17.9 Å². The van der Waals surface area contributed by atoms with Crippen LogP contribution in [0.15, 0.2) is 24.3 Å². The Labute approximate surface area is 157 Å². The van der Waals surface area contributed by atoms with Crippen molar-refractivity contribution in [1.29, 1.82) is 0 Å². The Morgan fingerprint density at radius 1 is 1.23 bits per heavy atom.